The van der Waals surface area contributed by atoms with Crippen LogP contribution in [0.25, 0.3) is 6.08 Å². The maximum Gasteiger partial charge on any atom is 0.244 e. The summed E-state index contributed by atoms with van der Waals surface area (Å²) in [4.78, 5) is 18.2. The molecule has 2 heterocycles. The Morgan fingerprint density at radius 2 is 2.11 bits per heavy atom. The van der Waals surface area contributed by atoms with Gasteiger partial charge in [-0.15, -0.1) is 0 Å². The van der Waals surface area contributed by atoms with Gasteiger partial charge in [0.05, 0.1) is 0 Å². The number of pyridine rings is 1. The minimum absolute atomic E-state index is 0.0981. The van der Waals surface area contributed by atoms with Crippen LogP contribution < -0.4 is 16.0 Å². The highest BCUT2D eigenvalue weighted by atomic mass is 19.1. The van der Waals surface area contributed by atoms with E-state index in [1.54, 1.807) is 30.5 Å². The Kier molecular flexibility index (Phi) is 4.79. The van der Waals surface area contributed by atoms with Crippen molar-refractivity contribution in [3.05, 3.63) is 60.1 Å². The second-order valence-corrected chi connectivity index (χ2v) is 7.31. The van der Waals surface area contributed by atoms with Gasteiger partial charge in [-0.05, 0) is 66.1 Å². The van der Waals surface area contributed by atoms with E-state index in [1.807, 2.05) is 12.1 Å². The molecule has 1 unspecified atom stereocenters. The van der Waals surface area contributed by atoms with Gasteiger partial charge in [0.15, 0.2) is 0 Å². The lowest BCUT2D eigenvalue weighted by Crippen LogP contribution is -2.26. The van der Waals surface area contributed by atoms with Crippen LogP contribution in [0.3, 0.4) is 0 Å². The summed E-state index contributed by atoms with van der Waals surface area (Å²) in [7, 11) is 0. The Balaban J connectivity index is 1.17. The second kappa shape index (κ2) is 7.39. The van der Waals surface area contributed by atoms with Crippen molar-refractivity contribution in [2.24, 2.45) is 17.8 Å². The lowest BCUT2D eigenvalue weighted by molar-refractivity contribution is -0.116. The number of rotatable bonds is 6. The van der Waals surface area contributed by atoms with Crippen molar-refractivity contribution in [1.82, 2.24) is 10.3 Å². The minimum Gasteiger partial charge on any atom is -0.384 e. The Bertz CT molecular complexity index is 840. The number of fused-ring (bicyclic) bond motifs is 1. The number of piperidine rings is 1. The quantitative estimate of drug-likeness (QED) is 0.771. The van der Waals surface area contributed by atoms with Crippen molar-refractivity contribution in [3.8, 4) is 0 Å². The molecule has 1 aliphatic carbocycles. The van der Waals surface area contributed by atoms with Gasteiger partial charge in [0.1, 0.15) is 11.6 Å². The molecule has 1 aromatic carbocycles. The van der Waals surface area contributed by atoms with Crippen molar-refractivity contribution >= 4 is 23.5 Å². The molecule has 4 rings (SSSR count). The first-order chi connectivity index (χ1) is 13.1. The third-order valence-electron chi connectivity index (χ3n) is 5.56. The first-order valence-corrected chi connectivity index (χ1v) is 9.28. The second-order valence-electron chi connectivity index (χ2n) is 7.31. The number of hydrogen-bond acceptors (Lipinski definition) is 4. The Morgan fingerprint density at radius 3 is 2.81 bits per heavy atom. The predicted octanol–water partition coefficient (Wildman–Crippen LogP) is 2.70. The fourth-order valence-electron chi connectivity index (χ4n) is 4.07. The molecule has 0 radical (unpaired) electrons. The summed E-state index contributed by atoms with van der Waals surface area (Å²) in [5, 5.41) is 2.94. The number of nitrogen functional groups attached to an aromatic ring is 1. The summed E-state index contributed by atoms with van der Waals surface area (Å²) in [6.45, 7) is 2.65. The molecule has 3 N–H and O–H groups in total. The summed E-state index contributed by atoms with van der Waals surface area (Å²) in [6, 6.07) is 10.3. The zero-order valence-electron chi connectivity index (χ0n) is 15.0. The lowest BCUT2D eigenvalue weighted by atomic mass is 10.2. The number of aromatic nitrogens is 1. The number of nitrogens with one attached hydrogen (secondary N) is 1. The molecule has 0 bridgehead atoms. The van der Waals surface area contributed by atoms with Crippen LogP contribution in [0.15, 0.2) is 48.7 Å². The molecule has 5 nitrogen and oxygen atoms in total. The first-order valence-electron chi connectivity index (χ1n) is 9.28. The van der Waals surface area contributed by atoms with E-state index in [2.05, 4.69) is 15.2 Å². The lowest BCUT2D eigenvalue weighted by Gasteiger charge is -2.22. The molecule has 1 aliphatic heterocycles. The molecule has 1 aromatic heterocycles. The fraction of sp³-hybridized carbons (Fsp3) is 0.333. The molecular weight excluding hydrogens is 343 g/mol. The van der Waals surface area contributed by atoms with Crippen LogP contribution in [0.4, 0.5) is 15.9 Å². The number of carbonyl (C=O) groups excluding carboxylic acids is 1. The zero-order chi connectivity index (χ0) is 18.8. The molecule has 0 spiro atoms. The maximum absolute atomic E-state index is 13.4. The van der Waals surface area contributed by atoms with E-state index in [1.165, 1.54) is 12.1 Å². The highest BCUT2D eigenvalue weighted by molar-refractivity contribution is 5.91. The maximum atomic E-state index is 13.4. The van der Waals surface area contributed by atoms with Crippen molar-refractivity contribution in [3.63, 3.8) is 0 Å². The van der Waals surface area contributed by atoms with Gasteiger partial charge in [-0.25, -0.2) is 9.37 Å². The van der Waals surface area contributed by atoms with Crippen molar-refractivity contribution in [1.29, 1.82) is 0 Å². The molecule has 2 aliphatic rings. The van der Waals surface area contributed by atoms with Gasteiger partial charge in [0.25, 0.3) is 0 Å². The number of nitrogens with zero attached hydrogens (tertiary/aromatic N) is 2. The summed E-state index contributed by atoms with van der Waals surface area (Å²) in [5.74, 6) is 2.18. The summed E-state index contributed by atoms with van der Waals surface area (Å²) in [6.07, 6.45) is 5.88. The first kappa shape index (κ1) is 17.5. The van der Waals surface area contributed by atoms with Crippen LogP contribution in [-0.4, -0.2) is 30.5 Å². The third-order valence-corrected chi connectivity index (χ3v) is 5.56. The molecular formula is C21H23FN4O. The Morgan fingerprint density at radius 1 is 1.30 bits per heavy atom. The standard InChI is InChI=1S/C21H23FN4O/c22-15-2-1-3-16(10-15)26-12-18-17(19(18)13-26)8-9-24-21(27)7-5-14-4-6-20(23)25-11-14/h1-7,10-11,17-19H,8-9,12-13H2,(H2,23,25)(H,24,27)/b7-5+/t17?,18-,19+. The topological polar surface area (TPSA) is 71.2 Å². The van der Waals surface area contributed by atoms with Crippen molar-refractivity contribution < 1.29 is 9.18 Å². The molecule has 3 atom stereocenters. The number of nitrogens with two attached hydrogens (primary N) is 1. The average molecular weight is 366 g/mol. The SMILES string of the molecule is Nc1ccc(/C=C/C(=O)NCCC2[C@H]3CN(c4cccc(F)c4)C[C@@H]23)cn1. The zero-order valence-corrected chi connectivity index (χ0v) is 15.0. The molecule has 140 valence electrons. The molecule has 6 heteroatoms. The van der Waals surface area contributed by atoms with Crippen molar-refractivity contribution in [2.45, 2.75) is 6.42 Å². The van der Waals surface area contributed by atoms with Crippen LogP contribution in [0.2, 0.25) is 0 Å². The van der Waals surface area contributed by atoms with E-state index < -0.39 is 0 Å². The average Bonchev–Trinajstić information content (AvgIpc) is 3.11. The van der Waals surface area contributed by atoms with Gasteiger partial charge in [-0.3, -0.25) is 4.79 Å². The highest BCUT2D eigenvalue weighted by Gasteiger charge is 2.54. The van der Waals surface area contributed by atoms with Gasteiger partial charge >= 0.3 is 0 Å². The van der Waals surface area contributed by atoms with E-state index in [4.69, 9.17) is 5.73 Å². The molecule has 2 fully saturated rings. The number of anilines is 2. The van der Waals surface area contributed by atoms with E-state index in [0.29, 0.717) is 30.1 Å². The molecule has 1 saturated carbocycles. The van der Waals surface area contributed by atoms with Gasteiger partial charge in [0.2, 0.25) is 5.91 Å². The van der Waals surface area contributed by atoms with Gasteiger partial charge in [-0.2, -0.15) is 0 Å². The van der Waals surface area contributed by atoms with Gasteiger partial charge in [0, 0.05) is 37.6 Å². The summed E-state index contributed by atoms with van der Waals surface area (Å²) < 4.78 is 13.4. The molecule has 1 amide bonds. The summed E-state index contributed by atoms with van der Waals surface area (Å²) in [5.41, 5.74) is 7.35. The van der Waals surface area contributed by atoms with Crippen LogP contribution in [0.5, 0.6) is 0 Å². The van der Waals surface area contributed by atoms with E-state index in [0.717, 1.165) is 30.8 Å². The minimum atomic E-state index is -0.185. The largest absolute Gasteiger partial charge is 0.384 e. The molecule has 1 saturated heterocycles. The number of hydrogen-bond donors (Lipinski definition) is 2. The smallest absolute Gasteiger partial charge is 0.244 e. The third kappa shape index (κ3) is 4.10. The number of carbonyl (C=O) groups is 1. The van der Waals surface area contributed by atoms with Crippen LogP contribution in [-0.2, 0) is 4.79 Å². The molecule has 2 aromatic rings. The normalized spacial score (nSPS) is 23.4. The van der Waals surface area contributed by atoms with Gasteiger partial charge in [-0.1, -0.05) is 6.07 Å². The van der Waals surface area contributed by atoms with E-state index in [-0.39, 0.29) is 11.7 Å². The van der Waals surface area contributed by atoms with E-state index in [9.17, 15) is 9.18 Å². The monoisotopic (exact) mass is 366 g/mol. The summed E-state index contributed by atoms with van der Waals surface area (Å²) >= 11 is 0. The Labute approximate surface area is 158 Å². The predicted molar refractivity (Wildman–Crippen MR) is 104 cm³/mol. The number of amides is 1. The Hall–Kier alpha value is -2.89. The van der Waals surface area contributed by atoms with Crippen LogP contribution in [0, 0.1) is 23.6 Å². The number of halogens is 1. The van der Waals surface area contributed by atoms with Crippen LogP contribution in [0.1, 0.15) is 12.0 Å². The van der Waals surface area contributed by atoms with Crippen molar-refractivity contribution in [2.75, 3.05) is 30.3 Å². The van der Waals surface area contributed by atoms with E-state index >= 15 is 0 Å². The highest BCUT2D eigenvalue weighted by Crippen LogP contribution is 2.54. The molecule has 27 heavy (non-hydrogen) atoms. The fourth-order valence-corrected chi connectivity index (χ4v) is 4.07. The van der Waals surface area contributed by atoms with Crippen LogP contribution >= 0.6 is 0 Å². The van der Waals surface area contributed by atoms with Gasteiger partial charge < -0.3 is 16.0 Å². The number of benzene rings is 1.